The van der Waals surface area contributed by atoms with E-state index in [0.717, 1.165) is 6.42 Å². The van der Waals surface area contributed by atoms with Crippen LogP contribution in [0.25, 0.3) is 0 Å². The summed E-state index contributed by atoms with van der Waals surface area (Å²) in [5.41, 5.74) is 1.37. The molecule has 1 rings (SSSR count). The molecule has 0 heterocycles. The van der Waals surface area contributed by atoms with Gasteiger partial charge in [0.1, 0.15) is 0 Å². The van der Waals surface area contributed by atoms with E-state index in [1.807, 2.05) is 13.0 Å². The molecule has 1 atom stereocenters. The molecule has 0 saturated carbocycles. The molecule has 69 valence electrons. The first-order valence-electron chi connectivity index (χ1n) is 4.67. The monoisotopic (exact) mass is 173 g/mol. The maximum atomic E-state index is 4.17. The van der Waals surface area contributed by atoms with Crippen LogP contribution in [-0.2, 0) is 6.42 Å². The topological polar surface area (TPSA) is 0 Å². The van der Waals surface area contributed by atoms with E-state index in [0.29, 0.717) is 0 Å². The molecule has 1 aromatic rings. The summed E-state index contributed by atoms with van der Waals surface area (Å²) in [6, 6.07) is 10.5. The van der Waals surface area contributed by atoms with E-state index in [1.54, 1.807) is 0 Å². The first-order chi connectivity index (χ1) is 6.14. The highest BCUT2D eigenvalue weighted by molar-refractivity contribution is 5.18. The van der Waals surface area contributed by atoms with Gasteiger partial charge in [0.2, 0.25) is 0 Å². The lowest BCUT2D eigenvalue weighted by Gasteiger charge is -2.19. The van der Waals surface area contributed by atoms with Gasteiger partial charge < -0.3 is 0 Å². The Bertz CT molecular complexity index is 267. The maximum absolute atomic E-state index is 4.17. The predicted molar refractivity (Wildman–Crippen MR) is 58.4 cm³/mol. The Morgan fingerprint density at radius 2 is 1.92 bits per heavy atom. The highest BCUT2D eigenvalue weighted by Crippen LogP contribution is 2.22. The van der Waals surface area contributed by atoms with Gasteiger partial charge >= 0.3 is 0 Å². The summed E-state index contributed by atoms with van der Waals surface area (Å²) in [5.74, 6) is 0. The van der Waals surface area contributed by atoms with Crippen LogP contribution in [0.2, 0.25) is 0 Å². The van der Waals surface area contributed by atoms with Gasteiger partial charge in [-0.25, -0.2) is 0 Å². The Labute approximate surface area is 81.3 Å². The second kappa shape index (κ2) is 4.27. The fourth-order valence-corrected chi connectivity index (χ4v) is 1.52. The average Bonchev–Trinajstić information content (AvgIpc) is 2.04. The van der Waals surface area contributed by atoms with Crippen molar-refractivity contribution in [2.24, 2.45) is 5.41 Å². The van der Waals surface area contributed by atoms with Gasteiger partial charge in [-0.15, -0.1) is 0 Å². The molecule has 0 bridgehead atoms. The van der Waals surface area contributed by atoms with Crippen molar-refractivity contribution in [1.29, 1.82) is 0 Å². The van der Waals surface area contributed by atoms with Crippen LogP contribution in [0.3, 0.4) is 0 Å². The van der Waals surface area contributed by atoms with E-state index in [9.17, 15) is 0 Å². The van der Waals surface area contributed by atoms with Crippen molar-refractivity contribution in [3.8, 4) is 0 Å². The van der Waals surface area contributed by atoms with E-state index in [1.165, 1.54) is 5.56 Å². The van der Waals surface area contributed by atoms with Crippen LogP contribution >= 0.6 is 0 Å². The largest absolute Gasteiger partial charge is 0.0911 e. The summed E-state index contributed by atoms with van der Waals surface area (Å²) in [4.78, 5) is 0. The Balaban J connectivity index is 2.69. The van der Waals surface area contributed by atoms with E-state index in [-0.39, 0.29) is 5.41 Å². The number of hydrogen-bond acceptors (Lipinski definition) is 0. The summed E-state index contributed by atoms with van der Waals surface area (Å²) < 4.78 is 0. The third-order valence-electron chi connectivity index (χ3n) is 2.02. The highest BCUT2D eigenvalue weighted by atomic mass is 14.2. The zero-order valence-electron chi connectivity index (χ0n) is 8.46. The van der Waals surface area contributed by atoms with Crippen molar-refractivity contribution >= 4 is 0 Å². The number of allylic oxidation sites excluding steroid dienone is 2. The summed E-state index contributed by atoms with van der Waals surface area (Å²) in [5, 5.41) is 0. The van der Waals surface area contributed by atoms with Gasteiger partial charge in [-0.05, 0) is 31.2 Å². The molecule has 0 aliphatic rings. The molecule has 0 aromatic heterocycles. The van der Waals surface area contributed by atoms with Crippen LogP contribution in [0.15, 0.2) is 42.5 Å². The second-order valence-electron chi connectivity index (χ2n) is 3.82. The predicted octanol–water partition coefficient (Wildman–Crippen LogP) is 3.65. The first-order valence-corrected chi connectivity index (χ1v) is 4.67. The smallest absolute Gasteiger partial charge is 0.0106 e. The fraction of sp³-hybridized carbons (Fsp3) is 0.308. The zero-order valence-corrected chi connectivity index (χ0v) is 8.46. The minimum Gasteiger partial charge on any atom is -0.0911 e. The number of rotatable bonds is 3. The molecule has 0 aliphatic carbocycles. The van der Waals surface area contributed by atoms with Crippen molar-refractivity contribution in [2.75, 3.05) is 0 Å². The Morgan fingerprint density at radius 3 is 2.46 bits per heavy atom. The Kier molecular flexibility index (Phi) is 3.30. The van der Waals surface area contributed by atoms with E-state index in [4.69, 9.17) is 0 Å². The zero-order chi connectivity index (χ0) is 9.73. The van der Waals surface area contributed by atoms with Crippen molar-refractivity contribution in [3.63, 3.8) is 0 Å². The van der Waals surface area contributed by atoms with Gasteiger partial charge in [0.15, 0.2) is 0 Å². The van der Waals surface area contributed by atoms with Crippen LogP contribution in [0.1, 0.15) is 19.4 Å². The van der Waals surface area contributed by atoms with Gasteiger partial charge in [0, 0.05) is 0 Å². The molecule has 13 heavy (non-hydrogen) atoms. The Hall–Kier alpha value is -1.04. The fourth-order valence-electron chi connectivity index (χ4n) is 1.52. The molecule has 0 amide bonds. The molecule has 0 heteroatoms. The van der Waals surface area contributed by atoms with E-state index >= 15 is 0 Å². The van der Waals surface area contributed by atoms with Gasteiger partial charge in [0.25, 0.3) is 0 Å². The average molecular weight is 173 g/mol. The molecule has 0 spiro atoms. The molecule has 1 aromatic carbocycles. The summed E-state index contributed by atoms with van der Waals surface area (Å²) in [7, 11) is 0. The number of hydrogen-bond donors (Lipinski definition) is 0. The third kappa shape index (κ3) is 3.45. The second-order valence-corrected chi connectivity index (χ2v) is 3.82. The van der Waals surface area contributed by atoms with Crippen LogP contribution in [0, 0.1) is 12.3 Å². The van der Waals surface area contributed by atoms with Crippen molar-refractivity contribution in [2.45, 2.75) is 20.3 Å². The maximum Gasteiger partial charge on any atom is -0.0106 e. The minimum atomic E-state index is 0.0239. The third-order valence-corrected chi connectivity index (χ3v) is 2.02. The van der Waals surface area contributed by atoms with Gasteiger partial charge in [-0.3, -0.25) is 0 Å². The van der Waals surface area contributed by atoms with Gasteiger partial charge in [0.05, 0.1) is 0 Å². The molecule has 0 saturated heterocycles. The standard InChI is InChI=1S/C13H17/c1-4-10-13(2,3)11-12-8-6-5-7-9-12/h4-10H,2,11H2,1,3H3. The molecule has 0 aliphatic heterocycles. The summed E-state index contributed by atoms with van der Waals surface area (Å²) >= 11 is 0. The SMILES string of the molecule is [CH2]C(C)(C=CC)Cc1ccccc1. The van der Waals surface area contributed by atoms with Crippen molar-refractivity contribution < 1.29 is 0 Å². The van der Waals surface area contributed by atoms with Crippen LogP contribution in [-0.4, -0.2) is 0 Å². The Morgan fingerprint density at radius 1 is 1.31 bits per heavy atom. The quantitative estimate of drug-likeness (QED) is 0.612. The molecule has 1 radical (unpaired) electrons. The van der Waals surface area contributed by atoms with E-state index < -0.39 is 0 Å². The molecule has 0 nitrogen and oxygen atoms in total. The van der Waals surface area contributed by atoms with Crippen molar-refractivity contribution in [1.82, 2.24) is 0 Å². The first kappa shape index (κ1) is 10.0. The molecule has 0 fully saturated rings. The van der Waals surface area contributed by atoms with Crippen LogP contribution < -0.4 is 0 Å². The molecular formula is C13H17. The summed E-state index contributed by atoms with van der Waals surface area (Å²) in [6.07, 6.45) is 5.22. The van der Waals surface area contributed by atoms with E-state index in [2.05, 4.69) is 50.3 Å². The highest BCUT2D eigenvalue weighted by Gasteiger charge is 2.13. The molecule has 0 N–H and O–H groups in total. The minimum absolute atomic E-state index is 0.0239. The van der Waals surface area contributed by atoms with Gasteiger partial charge in [-0.2, -0.15) is 0 Å². The normalized spacial score (nSPS) is 12.2. The van der Waals surface area contributed by atoms with Gasteiger partial charge in [-0.1, -0.05) is 49.4 Å². The molecular weight excluding hydrogens is 156 g/mol. The van der Waals surface area contributed by atoms with Crippen molar-refractivity contribution in [3.05, 3.63) is 55.0 Å². The van der Waals surface area contributed by atoms with Crippen LogP contribution in [0.5, 0.6) is 0 Å². The summed E-state index contributed by atoms with van der Waals surface area (Å²) in [6.45, 7) is 8.36. The lowest BCUT2D eigenvalue weighted by atomic mass is 9.85. The number of benzene rings is 1. The lowest BCUT2D eigenvalue weighted by Crippen LogP contribution is -2.11. The lowest BCUT2D eigenvalue weighted by molar-refractivity contribution is 0.543. The molecule has 1 unspecified atom stereocenters. The van der Waals surface area contributed by atoms with Crippen LogP contribution in [0.4, 0.5) is 0 Å².